The smallest absolute Gasteiger partial charge is 0.254 e. The number of thiophene rings is 1. The topological polar surface area (TPSA) is 69.7 Å². The summed E-state index contributed by atoms with van der Waals surface area (Å²) in [6.45, 7) is 1.16. The second-order valence-electron chi connectivity index (χ2n) is 4.62. The third kappa shape index (κ3) is 2.91. The van der Waals surface area contributed by atoms with E-state index in [9.17, 15) is 13.2 Å². The summed E-state index contributed by atoms with van der Waals surface area (Å²) in [4.78, 5) is 13.6. The number of nitrogens with zero attached hydrogens (tertiary/aromatic N) is 2. The fraction of sp³-hybridized carbons (Fsp3) is 0.545. The summed E-state index contributed by atoms with van der Waals surface area (Å²) in [5.41, 5.74) is 0. The molecule has 1 aliphatic rings. The van der Waals surface area contributed by atoms with Crippen molar-refractivity contribution in [2.24, 2.45) is 0 Å². The zero-order valence-electron chi connectivity index (χ0n) is 11.2. The van der Waals surface area contributed by atoms with Crippen molar-refractivity contribution in [3.05, 3.63) is 15.9 Å². The Kier molecular flexibility index (Phi) is 4.85. The van der Waals surface area contributed by atoms with Gasteiger partial charge in [0.2, 0.25) is 5.91 Å². The molecule has 1 atom stereocenters. The fourth-order valence-corrected chi connectivity index (χ4v) is 6.06. The zero-order chi connectivity index (χ0) is 14.9. The van der Waals surface area contributed by atoms with Gasteiger partial charge in [-0.25, -0.2) is 8.42 Å². The van der Waals surface area contributed by atoms with E-state index in [4.69, 9.17) is 0 Å². The Hall–Kier alpha value is -0.480. The minimum atomic E-state index is -3.66. The molecule has 1 fully saturated rings. The van der Waals surface area contributed by atoms with E-state index in [1.165, 1.54) is 9.21 Å². The molecule has 0 radical (unpaired) electrons. The van der Waals surface area contributed by atoms with Crippen molar-refractivity contribution >= 4 is 43.2 Å². The monoisotopic (exact) mass is 381 g/mol. The molecule has 1 aromatic rings. The van der Waals surface area contributed by atoms with Gasteiger partial charge < -0.3 is 10.2 Å². The van der Waals surface area contributed by atoms with Crippen molar-refractivity contribution in [3.63, 3.8) is 0 Å². The van der Waals surface area contributed by atoms with E-state index >= 15 is 0 Å². The summed E-state index contributed by atoms with van der Waals surface area (Å²) < 4.78 is 27.5. The van der Waals surface area contributed by atoms with Crippen molar-refractivity contribution in [1.29, 1.82) is 0 Å². The van der Waals surface area contributed by atoms with Crippen LogP contribution >= 0.6 is 27.3 Å². The molecule has 20 heavy (non-hydrogen) atoms. The fourth-order valence-electron chi connectivity index (χ4n) is 2.05. The molecular weight excluding hydrogens is 366 g/mol. The van der Waals surface area contributed by atoms with Gasteiger partial charge >= 0.3 is 0 Å². The normalized spacial score (nSPS) is 20.9. The highest BCUT2D eigenvalue weighted by atomic mass is 79.9. The standard InChI is InChI=1S/C11H16BrN3O3S2/c1-14(2)10(16)9-7-13-4-5-15(9)20(17,18)11-8(12)3-6-19-11/h3,6,9,13H,4-5,7H2,1-2H3. The van der Waals surface area contributed by atoms with Gasteiger partial charge in [0.1, 0.15) is 10.3 Å². The largest absolute Gasteiger partial charge is 0.347 e. The lowest BCUT2D eigenvalue weighted by molar-refractivity contribution is -0.133. The molecule has 1 saturated heterocycles. The lowest BCUT2D eigenvalue weighted by atomic mass is 10.2. The van der Waals surface area contributed by atoms with E-state index in [0.29, 0.717) is 17.6 Å². The molecule has 0 aliphatic carbocycles. The molecule has 1 amide bonds. The predicted octanol–water partition coefficient (Wildman–Crippen LogP) is 0.561. The number of hydrogen-bond donors (Lipinski definition) is 1. The molecule has 2 heterocycles. The van der Waals surface area contributed by atoms with Gasteiger partial charge in [-0.15, -0.1) is 11.3 Å². The van der Waals surface area contributed by atoms with Crippen molar-refractivity contribution in [3.8, 4) is 0 Å². The molecule has 1 aromatic heterocycles. The van der Waals surface area contributed by atoms with E-state index in [-0.39, 0.29) is 16.7 Å². The third-order valence-electron chi connectivity index (χ3n) is 3.05. The van der Waals surface area contributed by atoms with Crippen LogP contribution in [0.25, 0.3) is 0 Å². The number of piperazine rings is 1. The quantitative estimate of drug-likeness (QED) is 0.830. The Morgan fingerprint density at radius 2 is 2.25 bits per heavy atom. The Balaban J connectivity index is 2.38. The van der Waals surface area contributed by atoms with Gasteiger partial charge in [-0.05, 0) is 27.4 Å². The molecular formula is C11H16BrN3O3S2. The number of halogens is 1. The summed E-state index contributed by atoms with van der Waals surface area (Å²) in [5.74, 6) is -0.214. The summed E-state index contributed by atoms with van der Waals surface area (Å²) in [5, 5.41) is 4.78. The second-order valence-corrected chi connectivity index (χ2v) is 8.48. The van der Waals surface area contributed by atoms with Crippen LogP contribution in [0, 0.1) is 0 Å². The number of carbonyl (C=O) groups excluding carboxylic acids is 1. The number of nitrogens with one attached hydrogen (secondary N) is 1. The highest BCUT2D eigenvalue weighted by molar-refractivity contribution is 9.10. The number of sulfonamides is 1. The summed E-state index contributed by atoms with van der Waals surface area (Å²) in [7, 11) is -0.404. The van der Waals surface area contributed by atoms with Crippen LogP contribution in [0.3, 0.4) is 0 Å². The summed E-state index contributed by atoms with van der Waals surface area (Å²) >= 11 is 4.40. The van der Waals surface area contributed by atoms with Gasteiger partial charge in [0, 0.05) is 38.2 Å². The highest BCUT2D eigenvalue weighted by Gasteiger charge is 2.39. The van der Waals surface area contributed by atoms with Gasteiger partial charge in [0.25, 0.3) is 10.0 Å². The van der Waals surface area contributed by atoms with Gasteiger partial charge in [0.05, 0.1) is 0 Å². The number of amides is 1. The van der Waals surface area contributed by atoms with E-state index in [1.807, 2.05) is 0 Å². The lowest BCUT2D eigenvalue weighted by Gasteiger charge is -2.35. The first-order valence-electron chi connectivity index (χ1n) is 6.02. The Bertz CT molecular complexity index is 600. The lowest BCUT2D eigenvalue weighted by Crippen LogP contribution is -2.59. The molecule has 0 spiro atoms. The Labute approximate surface area is 130 Å². The molecule has 1 unspecified atom stereocenters. The first-order valence-corrected chi connectivity index (χ1v) is 9.13. The van der Waals surface area contributed by atoms with E-state index < -0.39 is 16.1 Å². The summed E-state index contributed by atoms with van der Waals surface area (Å²) in [6, 6.07) is 1.00. The van der Waals surface area contributed by atoms with Crippen LogP contribution in [0.2, 0.25) is 0 Å². The number of carbonyl (C=O) groups is 1. The molecule has 112 valence electrons. The first kappa shape index (κ1) is 15.9. The molecule has 2 rings (SSSR count). The van der Waals surface area contributed by atoms with Crippen LogP contribution in [0.1, 0.15) is 0 Å². The van der Waals surface area contributed by atoms with Gasteiger partial charge in [-0.3, -0.25) is 4.79 Å². The van der Waals surface area contributed by atoms with Gasteiger partial charge in [-0.2, -0.15) is 4.31 Å². The summed E-state index contributed by atoms with van der Waals surface area (Å²) in [6.07, 6.45) is 0. The first-order chi connectivity index (χ1) is 9.35. The number of rotatable bonds is 3. The van der Waals surface area contributed by atoms with Crippen LogP contribution in [0.15, 0.2) is 20.1 Å². The molecule has 1 N–H and O–H groups in total. The maximum atomic E-state index is 12.7. The molecule has 6 nitrogen and oxygen atoms in total. The predicted molar refractivity (Wildman–Crippen MR) is 81.3 cm³/mol. The SMILES string of the molecule is CN(C)C(=O)C1CNCCN1S(=O)(=O)c1sccc1Br. The van der Waals surface area contributed by atoms with Crippen LogP contribution in [-0.2, 0) is 14.8 Å². The average molecular weight is 382 g/mol. The van der Waals surface area contributed by atoms with Crippen molar-refractivity contribution in [1.82, 2.24) is 14.5 Å². The van der Waals surface area contributed by atoms with Crippen LogP contribution in [0.4, 0.5) is 0 Å². The van der Waals surface area contributed by atoms with E-state index in [2.05, 4.69) is 21.2 Å². The van der Waals surface area contributed by atoms with Crippen molar-refractivity contribution in [2.45, 2.75) is 10.3 Å². The molecule has 9 heteroatoms. The average Bonchev–Trinajstić information content (AvgIpc) is 2.84. The van der Waals surface area contributed by atoms with E-state index in [0.717, 1.165) is 11.3 Å². The Morgan fingerprint density at radius 3 is 2.80 bits per heavy atom. The third-order valence-corrected chi connectivity index (χ3v) is 7.60. The maximum absolute atomic E-state index is 12.7. The van der Waals surface area contributed by atoms with E-state index in [1.54, 1.807) is 25.5 Å². The van der Waals surface area contributed by atoms with Crippen LogP contribution in [0.5, 0.6) is 0 Å². The van der Waals surface area contributed by atoms with Gasteiger partial charge in [-0.1, -0.05) is 0 Å². The number of hydrogen-bond acceptors (Lipinski definition) is 5. The maximum Gasteiger partial charge on any atom is 0.254 e. The molecule has 0 saturated carbocycles. The molecule has 0 aromatic carbocycles. The zero-order valence-corrected chi connectivity index (χ0v) is 14.4. The van der Waals surface area contributed by atoms with Crippen LogP contribution < -0.4 is 5.32 Å². The van der Waals surface area contributed by atoms with Crippen molar-refractivity contribution < 1.29 is 13.2 Å². The second kappa shape index (κ2) is 6.10. The van der Waals surface area contributed by atoms with Crippen molar-refractivity contribution in [2.75, 3.05) is 33.7 Å². The Morgan fingerprint density at radius 1 is 1.55 bits per heavy atom. The van der Waals surface area contributed by atoms with Crippen LogP contribution in [-0.4, -0.2) is 63.3 Å². The number of likely N-dealkylation sites (N-methyl/N-ethyl adjacent to an activating group) is 1. The highest BCUT2D eigenvalue weighted by Crippen LogP contribution is 2.31. The minimum absolute atomic E-state index is 0.214. The molecule has 0 bridgehead atoms. The molecule has 1 aliphatic heterocycles. The minimum Gasteiger partial charge on any atom is -0.347 e. The van der Waals surface area contributed by atoms with Gasteiger partial charge in [0.15, 0.2) is 0 Å².